The Labute approximate surface area is 132 Å². The van der Waals surface area contributed by atoms with E-state index in [9.17, 15) is 18.3 Å². The summed E-state index contributed by atoms with van der Waals surface area (Å²) in [5.41, 5.74) is 0.894. The number of hydrogen-bond donors (Lipinski definition) is 2. The molecule has 7 heteroatoms. The molecule has 2 aromatic carbocycles. The summed E-state index contributed by atoms with van der Waals surface area (Å²) in [4.78, 5) is 10.9. The quantitative estimate of drug-likeness (QED) is 0.719. The van der Waals surface area contributed by atoms with Gasteiger partial charge in [-0.05, 0) is 48.9 Å². The predicted molar refractivity (Wildman–Crippen MR) is 86.1 cm³/mol. The molecule has 0 radical (unpaired) electrons. The first-order valence-corrected chi connectivity index (χ1v) is 8.20. The Morgan fingerprint density at radius 1 is 1.04 bits per heavy atom. The molecule has 0 saturated heterocycles. The highest BCUT2D eigenvalue weighted by molar-refractivity contribution is 7.92. The lowest BCUT2D eigenvalue weighted by Crippen LogP contribution is -2.13. The van der Waals surface area contributed by atoms with Gasteiger partial charge in [-0.3, -0.25) is 4.72 Å². The van der Waals surface area contributed by atoms with Crippen molar-refractivity contribution >= 4 is 26.7 Å². The summed E-state index contributed by atoms with van der Waals surface area (Å²) in [5.74, 6) is -0.324. The Kier molecular flexibility index (Phi) is 3.57. The van der Waals surface area contributed by atoms with Crippen LogP contribution in [-0.4, -0.2) is 13.5 Å². The minimum absolute atomic E-state index is 0.197. The molecule has 1 heterocycles. The van der Waals surface area contributed by atoms with Gasteiger partial charge in [-0.1, -0.05) is 6.07 Å². The standard InChI is InChI=1S/C16H13NO5S/c1-10-2-5-13(18)15(8-10)23(20,21)17-12-4-6-14-11(9-12)3-7-16(19)22-14/h2-9,17-18H,1H3. The van der Waals surface area contributed by atoms with Crippen LogP contribution in [0.25, 0.3) is 11.0 Å². The fourth-order valence-corrected chi connectivity index (χ4v) is 3.41. The Balaban J connectivity index is 2.01. The van der Waals surface area contributed by atoms with Crippen molar-refractivity contribution in [1.82, 2.24) is 0 Å². The molecule has 0 atom stereocenters. The molecule has 1 aromatic heterocycles. The maximum atomic E-state index is 12.4. The van der Waals surface area contributed by atoms with Gasteiger partial charge in [0.1, 0.15) is 16.2 Å². The number of phenolic OH excluding ortho intramolecular Hbond substituents is 1. The number of fused-ring (bicyclic) bond motifs is 1. The zero-order valence-electron chi connectivity index (χ0n) is 12.1. The number of aromatic hydroxyl groups is 1. The molecule has 2 N–H and O–H groups in total. The molecule has 3 rings (SSSR count). The maximum Gasteiger partial charge on any atom is 0.336 e. The molecule has 0 spiro atoms. The Hall–Kier alpha value is -2.80. The van der Waals surface area contributed by atoms with Gasteiger partial charge in [0.05, 0.1) is 0 Å². The molecular weight excluding hydrogens is 318 g/mol. The molecule has 0 saturated carbocycles. The Morgan fingerprint density at radius 2 is 1.83 bits per heavy atom. The highest BCUT2D eigenvalue weighted by Crippen LogP contribution is 2.26. The average Bonchev–Trinajstić information content (AvgIpc) is 2.49. The SMILES string of the molecule is Cc1ccc(O)c(S(=O)(=O)Nc2ccc3oc(=O)ccc3c2)c1. The second-order valence-corrected chi connectivity index (χ2v) is 6.73. The third kappa shape index (κ3) is 3.04. The summed E-state index contributed by atoms with van der Waals surface area (Å²) >= 11 is 0. The Morgan fingerprint density at radius 3 is 2.61 bits per heavy atom. The molecule has 0 fully saturated rings. The highest BCUT2D eigenvalue weighted by atomic mass is 32.2. The van der Waals surface area contributed by atoms with E-state index in [1.807, 2.05) is 0 Å². The van der Waals surface area contributed by atoms with Crippen LogP contribution >= 0.6 is 0 Å². The van der Waals surface area contributed by atoms with E-state index < -0.39 is 15.6 Å². The molecule has 6 nitrogen and oxygen atoms in total. The number of sulfonamides is 1. The maximum absolute atomic E-state index is 12.4. The van der Waals surface area contributed by atoms with Crippen LogP contribution in [0.5, 0.6) is 5.75 Å². The van der Waals surface area contributed by atoms with Crippen molar-refractivity contribution in [2.75, 3.05) is 4.72 Å². The monoisotopic (exact) mass is 331 g/mol. The van der Waals surface area contributed by atoms with Crippen molar-refractivity contribution < 1.29 is 17.9 Å². The van der Waals surface area contributed by atoms with Crippen LogP contribution in [0.15, 0.2) is 62.6 Å². The van der Waals surface area contributed by atoms with E-state index in [1.165, 1.54) is 30.3 Å². The van der Waals surface area contributed by atoms with Crippen LogP contribution in [0.3, 0.4) is 0 Å². The summed E-state index contributed by atoms with van der Waals surface area (Å²) in [6, 6.07) is 11.7. The molecular formula is C16H13NO5S. The lowest BCUT2D eigenvalue weighted by molar-refractivity contribution is 0.459. The molecule has 0 aliphatic heterocycles. The second kappa shape index (κ2) is 5.44. The van der Waals surface area contributed by atoms with Crippen LogP contribution in [0.4, 0.5) is 5.69 Å². The number of phenols is 1. The summed E-state index contributed by atoms with van der Waals surface area (Å²) in [6.45, 7) is 1.73. The number of nitrogens with one attached hydrogen (secondary N) is 1. The van der Waals surface area contributed by atoms with E-state index in [-0.39, 0.29) is 10.6 Å². The molecule has 0 aliphatic carbocycles. The normalized spacial score (nSPS) is 11.5. The minimum atomic E-state index is -3.94. The average molecular weight is 331 g/mol. The molecule has 0 aliphatic rings. The van der Waals surface area contributed by atoms with E-state index in [0.29, 0.717) is 22.2 Å². The largest absolute Gasteiger partial charge is 0.507 e. The topological polar surface area (TPSA) is 96.6 Å². The van der Waals surface area contributed by atoms with Gasteiger partial charge in [0.2, 0.25) is 0 Å². The molecule has 3 aromatic rings. The van der Waals surface area contributed by atoms with Gasteiger partial charge >= 0.3 is 5.63 Å². The second-order valence-electron chi connectivity index (χ2n) is 5.08. The molecule has 118 valence electrons. The van der Waals surface area contributed by atoms with Crippen molar-refractivity contribution in [3.05, 3.63) is 64.5 Å². The first-order chi connectivity index (χ1) is 10.8. The molecule has 23 heavy (non-hydrogen) atoms. The van der Waals surface area contributed by atoms with E-state index in [0.717, 1.165) is 0 Å². The lowest BCUT2D eigenvalue weighted by atomic mass is 10.2. The van der Waals surface area contributed by atoms with E-state index in [4.69, 9.17) is 4.42 Å². The number of benzene rings is 2. The third-order valence-corrected chi connectivity index (χ3v) is 4.69. The fourth-order valence-electron chi connectivity index (χ4n) is 2.18. The number of aryl methyl sites for hydroxylation is 1. The zero-order chi connectivity index (χ0) is 16.6. The van der Waals surface area contributed by atoms with Crippen molar-refractivity contribution in [2.45, 2.75) is 11.8 Å². The van der Waals surface area contributed by atoms with Crippen LogP contribution in [0.1, 0.15) is 5.56 Å². The van der Waals surface area contributed by atoms with Gasteiger partial charge in [0.25, 0.3) is 10.0 Å². The van der Waals surface area contributed by atoms with E-state index in [1.54, 1.807) is 25.1 Å². The van der Waals surface area contributed by atoms with Crippen molar-refractivity contribution in [2.24, 2.45) is 0 Å². The number of anilines is 1. The zero-order valence-corrected chi connectivity index (χ0v) is 12.9. The van der Waals surface area contributed by atoms with E-state index in [2.05, 4.69) is 4.72 Å². The van der Waals surface area contributed by atoms with Crippen molar-refractivity contribution in [3.63, 3.8) is 0 Å². The van der Waals surface area contributed by atoms with Gasteiger partial charge in [0.15, 0.2) is 0 Å². The number of rotatable bonds is 3. The third-order valence-electron chi connectivity index (χ3n) is 3.28. The predicted octanol–water partition coefficient (Wildman–Crippen LogP) is 2.61. The molecule has 0 unspecified atom stereocenters. The van der Waals surface area contributed by atoms with Crippen LogP contribution < -0.4 is 10.3 Å². The molecule has 0 amide bonds. The van der Waals surface area contributed by atoms with Gasteiger partial charge < -0.3 is 9.52 Å². The van der Waals surface area contributed by atoms with Gasteiger partial charge in [-0.25, -0.2) is 13.2 Å². The van der Waals surface area contributed by atoms with Crippen LogP contribution in [0, 0.1) is 6.92 Å². The summed E-state index contributed by atoms with van der Waals surface area (Å²) < 4.78 is 32.2. The fraction of sp³-hybridized carbons (Fsp3) is 0.0625. The van der Waals surface area contributed by atoms with Gasteiger partial charge in [-0.2, -0.15) is 0 Å². The highest BCUT2D eigenvalue weighted by Gasteiger charge is 2.19. The summed E-state index contributed by atoms with van der Waals surface area (Å²) in [7, 11) is -3.94. The minimum Gasteiger partial charge on any atom is -0.507 e. The number of hydrogen-bond acceptors (Lipinski definition) is 5. The van der Waals surface area contributed by atoms with Gasteiger partial charge in [-0.15, -0.1) is 0 Å². The molecule has 0 bridgehead atoms. The van der Waals surface area contributed by atoms with Crippen LogP contribution in [0.2, 0.25) is 0 Å². The van der Waals surface area contributed by atoms with Gasteiger partial charge in [0, 0.05) is 17.1 Å². The van der Waals surface area contributed by atoms with E-state index >= 15 is 0 Å². The smallest absolute Gasteiger partial charge is 0.336 e. The Bertz CT molecular complexity index is 1050. The van der Waals surface area contributed by atoms with Crippen molar-refractivity contribution in [1.29, 1.82) is 0 Å². The first-order valence-electron chi connectivity index (χ1n) is 6.71. The summed E-state index contributed by atoms with van der Waals surface area (Å²) in [5, 5.41) is 10.4. The lowest BCUT2D eigenvalue weighted by Gasteiger charge is -2.10. The van der Waals surface area contributed by atoms with Crippen molar-refractivity contribution in [3.8, 4) is 5.75 Å². The first kappa shape index (κ1) is 15.1. The summed E-state index contributed by atoms with van der Waals surface area (Å²) in [6.07, 6.45) is 0. The van der Waals surface area contributed by atoms with Crippen LogP contribution in [-0.2, 0) is 10.0 Å².